The molecular weight excluding hydrogens is 294 g/mol. The van der Waals surface area contributed by atoms with Crippen molar-refractivity contribution in [3.05, 3.63) is 22.8 Å². The average molecular weight is 315 g/mol. The van der Waals surface area contributed by atoms with E-state index >= 15 is 0 Å². The Hall–Kier alpha value is -2.25. The van der Waals surface area contributed by atoms with Gasteiger partial charge in [0.05, 0.1) is 0 Å². The predicted octanol–water partition coefficient (Wildman–Crippen LogP) is 1.39. The number of H-pyrrole nitrogens is 2. The van der Waals surface area contributed by atoms with Crippen molar-refractivity contribution >= 4 is 5.91 Å². The maximum absolute atomic E-state index is 12.9. The van der Waals surface area contributed by atoms with Gasteiger partial charge in [0, 0.05) is 11.3 Å². The Balaban J connectivity index is 1.62. The third kappa shape index (κ3) is 2.51. The number of amides is 1. The zero-order chi connectivity index (χ0) is 15.7. The topological polar surface area (TPSA) is 112 Å². The highest BCUT2D eigenvalue weighted by atomic mass is 16.2. The van der Waals surface area contributed by atoms with E-state index in [1.165, 1.54) is 6.42 Å². The fourth-order valence-corrected chi connectivity index (χ4v) is 3.87. The first-order chi connectivity index (χ1) is 11.3. The molecule has 2 aromatic heterocycles. The third-order valence-corrected chi connectivity index (χ3v) is 5.10. The lowest BCUT2D eigenvalue weighted by Gasteiger charge is -2.35. The minimum atomic E-state index is -0.525. The van der Waals surface area contributed by atoms with Crippen molar-refractivity contribution in [2.45, 2.75) is 63.3 Å². The molecule has 3 N–H and O–H groups in total. The molecule has 0 radical (unpaired) electrons. The number of hydrogen-bond acceptors (Lipinski definition) is 5. The molecule has 2 aromatic rings. The second kappa shape index (κ2) is 5.75. The summed E-state index contributed by atoms with van der Waals surface area (Å²) in [6.07, 6.45) is 9.12. The van der Waals surface area contributed by atoms with Crippen LogP contribution in [0.15, 0.2) is 0 Å². The molecule has 0 atom stereocenters. The Morgan fingerprint density at radius 1 is 1.04 bits per heavy atom. The molecule has 2 aliphatic carbocycles. The summed E-state index contributed by atoms with van der Waals surface area (Å²) in [5, 5.41) is 25.0. The molecule has 0 aromatic carbocycles. The van der Waals surface area contributed by atoms with E-state index in [0.717, 1.165) is 62.6 Å². The van der Waals surface area contributed by atoms with E-state index in [2.05, 4.69) is 36.1 Å². The van der Waals surface area contributed by atoms with Gasteiger partial charge in [0.15, 0.2) is 11.5 Å². The molecule has 2 heterocycles. The second-order valence-electron chi connectivity index (χ2n) is 6.57. The predicted molar refractivity (Wildman–Crippen MR) is 81.6 cm³/mol. The van der Waals surface area contributed by atoms with Crippen LogP contribution >= 0.6 is 0 Å². The third-order valence-electron chi connectivity index (χ3n) is 5.10. The molecular formula is C15H21N7O. The number of tetrazole rings is 1. The number of carbonyl (C=O) groups is 1. The van der Waals surface area contributed by atoms with E-state index < -0.39 is 5.54 Å². The van der Waals surface area contributed by atoms with Crippen molar-refractivity contribution in [3.63, 3.8) is 0 Å². The summed E-state index contributed by atoms with van der Waals surface area (Å²) in [5.41, 5.74) is 2.20. The minimum Gasteiger partial charge on any atom is -0.338 e. The molecule has 0 unspecified atom stereocenters. The molecule has 8 heteroatoms. The Morgan fingerprint density at radius 2 is 1.87 bits per heavy atom. The van der Waals surface area contributed by atoms with Gasteiger partial charge in [0.25, 0.3) is 5.91 Å². The molecule has 4 rings (SSSR count). The van der Waals surface area contributed by atoms with Gasteiger partial charge in [-0.15, -0.1) is 10.2 Å². The number of nitrogens with one attached hydrogen (secondary N) is 3. The summed E-state index contributed by atoms with van der Waals surface area (Å²) in [6.45, 7) is 0. The summed E-state index contributed by atoms with van der Waals surface area (Å²) < 4.78 is 0. The van der Waals surface area contributed by atoms with Gasteiger partial charge in [0.1, 0.15) is 5.54 Å². The number of aromatic amines is 2. The van der Waals surface area contributed by atoms with E-state index in [1.54, 1.807) is 0 Å². The van der Waals surface area contributed by atoms with Crippen LogP contribution in [0.25, 0.3) is 0 Å². The monoisotopic (exact) mass is 315 g/mol. The van der Waals surface area contributed by atoms with Gasteiger partial charge in [-0.3, -0.25) is 9.89 Å². The Morgan fingerprint density at radius 3 is 2.65 bits per heavy atom. The first kappa shape index (κ1) is 14.3. The van der Waals surface area contributed by atoms with Crippen LogP contribution in [0.3, 0.4) is 0 Å². The Kier molecular flexibility index (Phi) is 3.59. The fourth-order valence-electron chi connectivity index (χ4n) is 3.87. The first-order valence-electron chi connectivity index (χ1n) is 8.41. The summed E-state index contributed by atoms with van der Waals surface area (Å²) in [7, 11) is 0. The minimum absolute atomic E-state index is 0.129. The number of rotatable bonds is 3. The molecule has 8 nitrogen and oxygen atoms in total. The standard InChI is InChI=1S/C15H21N7O/c23-13(12-10-6-2-3-7-11(10)17-18-12)16-15(8-4-1-5-9-15)14-19-21-22-20-14/h1-9H2,(H,16,23)(H,17,18)(H,19,20,21,22). The normalized spacial score (nSPS) is 20.0. The van der Waals surface area contributed by atoms with Crippen molar-refractivity contribution in [2.24, 2.45) is 0 Å². The zero-order valence-electron chi connectivity index (χ0n) is 13.1. The molecule has 23 heavy (non-hydrogen) atoms. The summed E-state index contributed by atoms with van der Waals surface area (Å²) in [4.78, 5) is 12.9. The van der Waals surface area contributed by atoms with Crippen molar-refractivity contribution in [2.75, 3.05) is 0 Å². The van der Waals surface area contributed by atoms with E-state index in [9.17, 15) is 4.79 Å². The molecule has 0 aliphatic heterocycles. The van der Waals surface area contributed by atoms with E-state index in [4.69, 9.17) is 0 Å². The van der Waals surface area contributed by atoms with Gasteiger partial charge >= 0.3 is 0 Å². The van der Waals surface area contributed by atoms with Gasteiger partial charge in [-0.1, -0.05) is 24.5 Å². The van der Waals surface area contributed by atoms with Gasteiger partial charge in [-0.25, -0.2) is 0 Å². The van der Waals surface area contributed by atoms with Gasteiger partial charge in [0.2, 0.25) is 0 Å². The van der Waals surface area contributed by atoms with Crippen LogP contribution in [0.1, 0.15) is 72.5 Å². The molecule has 1 saturated carbocycles. The highest BCUT2D eigenvalue weighted by molar-refractivity contribution is 5.94. The Labute approximate surface area is 133 Å². The number of hydrogen-bond donors (Lipinski definition) is 3. The van der Waals surface area contributed by atoms with E-state index in [0.29, 0.717) is 11.5 Å². The maximum atomic E-state index is 12.9. The maximum Gasteiger partial charge on any atom is 0.272 e. The first-order valence-corrected chi connectivity index (χ1v) is 8.41. The quantitative estimate of drug-likeness (QED) is 0.792. The largest absolute Gasteiger partial charge is 0.338 e. The fraction of sp³-hybridized carbons (Fsp3) is 0.667. The van der Waals surface area contributed by atoms with Crippen LogP contribution in [-0.2, 0) is 18.4 Å². The number of fused-ring (bicyclic) bond motifs is 1. The molecule has 122 valence electrons. The smallest absolute Gasteiger partial charge is 0.272 e. The second-order valence-corrected chi connectivity index (χ2v) is 6.57. The number of aryl methyl sites for hydroxylation is 1. The van der Waals surface area contributed by atoms with E-state index in [1.807, 2.05) is 0 Å². The number of carbonyl (C=O) groups excluding carboxylic acids is 1. The molecule has 1 fully saturated rings. The lowest BCUT2D eigenvalue weighted by molar-refractivity contribution is 0.0851. The molecule has 0 spiro atoms. The van der Waals surface area contributed by atoms with Crippen molar-refractivity contribution < 1.29 is 4.79 Å². The van der Waals surface area contributed by atoms with Gasteiger partial charge < -0.3 is 5.32 Å². The van der Waals surface area contributed by atoms with Crippen LogP contribution in [0.2, 0.25) is 0 Å². The number of aromatic nitrogens is 6. The van der Waals surface area contributed by atoms with Crippen LogP contribution in [-0.4, -0.2) is 36.7 Å². The average Bonchev–Trinajstić information content (AvgIpc) is 3.26. The highest BCUT2D eigenvalue weighted by Gasteiger charge is 2.40. The summed E-state index contributed by atoms with van der Waals surface area (Å²) in [6, 6.07) is 0. The van der Waals surface area contributed by atoms with Gasteiger partial charge in [-0.05, 0) is 38.5 Å². The molecule has 0 saturated heterocycles. The molecule has 0 bridgehead atoms. The van der Waals surface area contributed by atoms with Crippen molar-refractivity contribution in [1.29, 1.82) is 0 Å². The molecule has 2 aliphatic rings. The van der Waals surface area contributed by atoms with Crippen molar-refractivity contribution in [1.82, 2.24) is 36.1 Å². The Bertz CT molecular complexity index is 685. The summed E-state index contributed by atoms with van der Waals surface area (Å²) in [5.74, 6) is 0.450. The lowest BCUT2D eigenvalue weighted by Crippen LogP contribution is -2.48. The number of nitrogens with zero attached hydrogens (tertiary/aromatic N) is 4. The highest BCUT2D eigenvalue weighted by Crippen LogP contribution is 2.35. The summed E-state index contributed by atoms with van der Waals surface area (Å²) >= 11 is 0. The zero-order valence-corrected chi connectivity index (χ0v) is 13.1. The van der Waals surface area contributed by atoms with E-state index in [-0.39, 0.29) is 5.91 Å². The van der Waals surface area contributed by atoms with Crippen LogP contribution < -0.4 is 5.32 Å². The SMILES string of the molecule is O=C(NC1(c2nn[nH]n2)CCCCC1)c1n[nH]c2c1CCCC2. The lowest BCUT2D eigenvalue weighted by atomic mass is 9.80. The van der Waals surface area contributed by atoms with Crippen LogP contribution in [0.4, 0.5) is 0 Å². The molecule has 1 amide bonds. The van der Waals surface area contributed by atoms with Crippen LogP contribution in [0, 0.1) is 0 Å². The van der Waals surface area contributed by atoms with Crippen LogP contribution in [0.5, 0.6) is 0 Å². The van der Waals surface area contributed by atoms with Gasteiger partial charge in [-0.2, -0.15) is 10.3 Å². The van der Waals surface area contributed by atoms with Crippen molar-refractivity contribution in [3.8, 4) is 0 Å².